The molecule has 4 aromatic rings. The third kappa shape index (κ3) is 7.70. The van der Waals surface area contributed by atoms with Crippen LogP contribution < -0.4 is 9.62 Å². The summed E-state index contributed by atoms with van der Waals surface area (Å²) < 4.78 is 29.6. The first-order valence-corrected chi connectivity index (χ1v) is 15.9. The van der Waals surface area contributed by atoms with E-state index in [-0.39, 0.29) is 23.8 Å². The quantitative estimate of drug-likeness (QED) is 0.235. The summed E-state index contributed by atoms with van der Waals surface area (Å²) in [6.45, 7) is 5.48. The molecule has 0 heterocycles. The average molecular weight is 598 g/mol. The lowest BCUT2D eigenvalue weighted by molar-refractivity contribution is -0.139. The Balaban J connectivity index is 1.81. The maximum absolute atomic E-state index is 14.4. The van der Waals surface area contributed by atoms with Crippen molar-refractivity contribution < 1.29 is 18.0 Å². The molecule has 0 fully saturated rings. The third-order valence-electron chi connectivity index (χ3n) is 7.52. The molecule has 0 spiro atoms. The van der Waals surface area contributed by atoms with E-state index < -0.39 is 28.5 Å². The number of likely N-dealkylation sites (N-methyl/N-ethyl adjacent to an activating group) is 1. The van der Waals surface area contributed by atoms with Crippen molar-refractivity contribution in [3.63, 3.8) is 0 Å². The standard InChI is InChI=1S/C35H39N3O4S/c1-5-30-13-9-10-14-32(30)38(43(41,42)31-21-17-27(3)18-22-31)25-34(39)37(24-29-19-15-26(2)16-20-29)33(35(40)36-4)23-28-11-7-6-8-12-28/h6-22,33H,5,23-25H2,1-4H3,(H,36,40). The van der Waals surface area contributed by atoms with Gasteiger partial charge in [-0.3, -0.25) is 13.9 Å². The van der Waals surface area contributed by atoms with Crippen molar-refractivity contribution in [3.8, 4) is 0 Å². The van der Waals surface area contributed by atoms with Crippen molar-refractivity contribution in [1.82, 2.24) is 10.2 Å². The summed E-state index contributed by atoms with van der Waals surface area (Å²) >= 11 is 0. The first-order chi connectivity index (χ1) is 20.6. The van der Waals surface area contributed by atoms with Gasteiger partial charge in [0.05, 0.1) is 10.6 Å². The van der Waals surface area contributed by atoms with Crippen molar-refractivity contribution >= 4 is 27.5 Å². The summed E-state index contributed by atoms with van der Waals surface area (Å²) in [5.41, 5.74) is 4.95. The highest BCUT2D eigenvalue weighted by molar-refractivity contribution is 7.92. The fraction of sp³-hybridized carbons (Fsp3) is 0.257. The van der Waals surface area contributed by atoms with Crippen LogP contribution >= 0.6 is 0 Å². The predicted molar refractivity (Wildman–Crippen MR) is 171 cm³/mol. The van der Waals surface area contributed by atoms with Crippen LogP contribution in [0, 0.1) is 13.8 Å². The van der Waals surface area contributed by atoms with Crippen molar-refractivity contribution in [2.24, 2.45) is 0 Å². The Morgan fingerprint density at radius 1 is 0.767 bits per heavy atom. The molecule has 43 heavy (non-hydrogen) atoms. The van der Waals surface area contributed by atoms with Gasteiger partial charge in [-0.15, -0.1) is 0 Å². The summed E-state index contributed by atoms with van der Waals surface area (Å²) in [6.07, 6.45) is 0.848. The lowest BCUT2D eigenvalue weighted by Gasteiger charge is -2.34. The minimum Gasteiger partial charge on any atom is -0.357 e. The zero-order chi connectivity index (χ0) is 31.0. The predicted octanol–water partition coefficient (Wildman–Crippen LogP) is 5.45. The molecule has 0 saturated heterocycles. The van der Waals surface area contributed by atoms with E-state index in [2.05, 4.69) is 5.32 Å². The van der Waals surface area contributed by atoms with Gasteiger partial charge in [0.2, 0.25) is 11.8 Å². The van der Waals surface area contributed by atoms with Gasteiger partial charge in [0.1, 0.15) is 12.6 Å². The molecule has 7 nitrogen and oxygen atoms in total. The number of hydrogen-bond acceptors (Lipinski definition) is 4. The van der Waals surface area contributed by atoms with Crippen molar-refractivity contribution in [1.29, 1.82) is 0 Å². The van der Waals surface area contributed by atoms with Gasteiger partial charge in [0, 0.05) is 20.0 Å². The van der Waals surface area contributed by atoms with Gasteiger partial charge in [-0.2, -0.15) is 0 Å². The lowest BCUT2D eigenvalue weighted by atomic mass is 10.0. The van der Waals surface area contributed by atoms with E-state index in [9.17, 15) is 18.0 Å². The number of carbonyl (C=O) groups excluding carboxylic acids is 2. The maximum Gasteiger partial charge on any atom is 0.264 e. The normalized spacial score (nSPS) is 11.9. The van der Waals surface area contributed by atoms with Crippen LogP contribution in [0.2, 0.25) is 0 Å². The summed E-state index contributed by atoms with van der Waals surface area (Å²) in [5.74, 6) is -0.807. The molecule has 0 aliphatic rings. The smallest absolute Gasteiger partial charge is 0.264 e. The van der Waals surface area contributed by atoms with Crippen LogP contribution in [-0.2, 0) is 39.0 Å². The highest BCUT2D eigenvalue weighted by atomic mass is 32.2. The number of para-hydroxylation sites is 1. The molecule has 4 rings (SSSR count). The largest absolute Gasteiger partial charge is 0.357 e. The molecule has 1 atom stereocenters. The van der Waals surface area contributed by atoms with Gasteiger partial charge >= 0.3 is 0 Å². The van der Waals surface area contributed by atoms with Crippen LogP contribution in [0.3, 0.4) is 0 Å². The Hall–Kier alpha value is -4.43. The van der Waals surface area contributed by atoms with Crippen LogP contribution in [0.25, 0.3) is 0 Å². The molecule has 224 valence electrons. The second kappa shape index (κ2) is 14.2. The minimum atomic E-state index is -4.14. The van der Waals surface area contributed by atoms with E-state index in [1.54, 1.807) is 43.4 Å². The van der Waals surface area contributed by atoms with E-state index in [1.807, 2.05) is 87.5 Å². The minimum absolute atomic E-state index is 0.0917. The Kier molecular flexibility index (Phi) is 10.4. The zero-order valence-electron chi connectivity index (χ0n) is 25.2. The highest BCUT2D eigenvalue weighted by Gasteiger charge is 2.34. The van der Waals surface area contributed by atoms with E-state index in [0.29, 0.717) is 12.1 Å². The molecule has 0 aromatic heterocycles. The third-order valence-corrected chi connectivity index (χ3v) is 9.29. The number of nitrogens with zero attached hydrogens (tertiary/aromatic N) is 2. The number of hydrogen-bond donors (Lipinski definition) is 1. The molecule has 8 heteroatoms. The van der Waals surface area contributed by atoms with E-state index in [0.717, 1.165) is 27.8 Å². The van der Waals surface area contributed by atoms with E-state index in [1.165, 1.54) is 9.21 Å². The first kappa shape index (κ1) is 31.5. The second-order valence-electron chi connectivity index (χ2n) is 10.6. The van der Waals surface area contributed by atoms with E-state index >= 15 is 0 Å². The van der Waals surface area contributed by atoms with Gasteiger partial charge in [-0.1, -0.05) is 103 Å². The molecule has 0 aliphatic carbocycles. The monoisotopic (exact) mass is 597 g/mol. The SMILES string of the molecule is CCc1ccccc1N(CC(=O)N(Cc1ccc(C)cc1)C(Cc1ccccc1)C(=O)NC)S(=O)(=O)c1ccc(C)cc1. The fourth-order valence-electron chi connectivity index (χ4n) is 5.01. The first-order valence-electron chi connectivity index (χ1n) is 14.4. The summed E-state index contributed by atoms with van der Waals surface area (Å²) in [4.78, 5) is 29.4. The molecular formula is C35H39N3O4S. The Morgan fingerprint density at radius 3 is 1.95 bits per heavy atom. The number of aryl methyl sites for hydroxylation is 3. The number of rotatable bonds is 12. The number of nitrogens with one attached hydrogen (secondary N) is 1. The number of benzene rings is 4. The second-order valence-corrected chi connectivity index (χ2v) is 12.5. The van der Waals surface area contributed by atoms with Crippen molar-refractivity contribution in [3.05, 3.63) is 131 Å². The zero-order valence-corrected chi connectivity index (χ0v) is 26.0. The Labute approximate surface area is 255 Å². The van der Waals surface area contributed by atoms with Gasteiger partial charge in [0.15, 0.2) is 0 Å². The summed E-state index contributed by atoms with van der Waals surface area (Å²) in [6, 6.07) is 30.2. The number of sulfonamides is 1. The van der Waals surface area contributed by atoms with Crippen molar-refractivity contribution in [2.45, 2.75) is 51.1 Å². The molecule has 0 saturated carbocycles. The lowest BCUT2D eigenvalue weighted by Crippen LogP contribution is -2.53. The molecule has 0 aliphatic heterocycles. The van der Waals surface area contributed by atoms with Crippen LogP contribution in [0.1, 0.15) is 34.7 Å². The Morgan fingerprint density at radius 2 is 1.35 bits per heavy atom. The molecule has 0 bridgehead atoms. The van der Waals surface area contributed by atoms with Crippen LogP contribution in [0.5, 0.6) is 0 Å². The highest BCUT2D eigenvalue weighted by Crippen LogP contribution is 2.28. The summed E-state index contributed by atoms with van der Waals surface area (Å²) in [5, 5.41) is 2.72. The van der Waals surface area contributed by atoms with Crippen molar-refractivity contribution in [2.75, 3.05) is 17.9 Å². The van der Waals surface area contributed by atoms with Crippen LogP contribution in [0.4, 0.5) is 5.69 Å². The molecule has 1 unspecified atom stereocenters. The van der Waals surface area contributed by atoms with Crippen LogP contribution in [-0.4, -0.2) is 44.8 Å². The fourth-order valence-corrected chi connectivity index (χ4v) is 6.47. The summed E-state index contributed by atoms with van der Waals surface area (Å²) in [7, 11) is -2.59. The number of anilines is 1. The maximum atomic E-state index is 14.4. The van der Waals surface area contributed by atoms with Gasteiger partial charge < -0.3 is 10.2 Å². The molecule has 2 amide bonds. The van der Waals surface area contributed by atoms with Crippen LogP contribution in [0.15, 0.2) is 108 Å². The van der Waals surface area contributed by atoms with Gasteiger partial charge in [-0.25, -0.2) is 8.42 Å². The van der Waals surface area contributed by atoms with Gasteiger partial charge in [-0.05, 0) is 55.2 Å². The molecule has 0 radical (unpaired) electrons. The average Bonchev–Trinajstić information content (AvgIpc) is 3.02. The molecule has 1 N–H and O–H groups in total. The number of amides is 2. The Bertz CT molecular complexity index is 1640. The van der Waals surface area contributed by atoms with E-state index in [4.69, 9.17) is 0 Å². The van der Waals surface area contributed by atoms with Gasteiger partial charge in [0.25, 0.3) is 10.0 Å². The molecule has 4 aromatic carbocycles. The molecular weight excluding hydrogens is 558 g/mol. The number of carbonyl (C=O) groups is 2. The topological polar surface area (TPSA) is 86.8 Å².